The average Bonchev–Trinajstić information content (AvgIpc) is 2.95. The number of aliphatic imine (C=N–C) groups is 2. The number of hydrogen-bond acceptors (Lipinski definition) is 4. The Hall–Kier alpha value is -1.06. The zero-order valence-corrected chi connectivity index (χ0v) is 10.1. The maximum atomic E-state index is 5.51. The minimum atomic E-state index is 0.366. The van der Waals surface area contributed by atoms with Crippen LogP contribution >= 0.6 is 0 Å². The van der Waals surface area contributed by atoms with Crippen molar-refractivity contribution in [1.29, 1.82) is 0 Å². The second-order valence-electron chi connectivity index (χ2n) is 4.29. The van der Waals surface area contributed by atoms with Crippen molar-refractivity contribution in [2.75, 3.05) is 13.2 Å². The van der Waals surface area contributed by atoms with Gasteiger partial charge in [-0.1, -0.05) is 13.8 Å². The Kier molecular flexibility index (Phi) is 3.80. The van der Waals surface area contributed by atoms with Crippen molar-refractivity contribution in [3.05, 3.63) is 0 Å². The minimum Gasteiger partial charge on any atom is -0.479 e. The molecule has 0 saturated carbocycles. The molecule has 2 aliphatic heterocycles. The van der Waals surface area contributed by atoms with E-state index in [0.29, 0.717) is 12.1 Å². The molecule has 0 fully saturated rings. The van der Waals surface area contributed by atoms with Crippen molar-refractivity contribution < 1.29 is 9.47 Å². The summed E-state index contributed by atoms with van der Waals surface area (Å²) < 4.78 is 11.0. The molecule has 90 valence electrons. The molecule has 4 heteroatoms. The van der Waals surface area contributed by atoms with Crippen molar-refractivity contribution in [3.63, 3.8) is 0 Å². The van der Waals surface area contributed by atoms with Gasteiger partial charge in [-0.15, -0.1) is 0 Å². The van der Waals surface area contributed by atoms with Gasteiger partial charge in [0.2, 0.25) is 0 Å². The SMILES string of the molecule is CCC1COC(CCC2=NC(CC)CO2)=N1. The Morgan fingerprint density at radius 1 is 0.938 bits per heavy atom. The summed E-state index contributed by atoms with van der Waals surface area (Å²) in [4.78, 5) is 8.98. The van der Waals surface area contributed by atoms with Crippen molar-refractivity contribution in [1.82, 2.24) is 0 Å². The van der Waals surface area contributed by atoms with Crippen LogP contribution in [0.4, 0.5) is 0 Å². The van der Waals surface area contributed by atoms with Crippen LogP contribution in [0.2, 0.25) is 0 Å². The molecule has 4 nitrogen and oxygen atoms in total. The predicted octanol–water partition coefficient (Wildman–Crippen LogP) is 2.18. The summed E-state index contributed by atoms with van der Waals surface area (Å²) in [5, 5.41) is 0. The maximum Gasteiger partial charge on any atom is 0.184 e. The molecule has 0 spiro atoms. The Balaban J connectivity index is 1.76. The fraction of sp³-hybridized carbons (Fsp3) is 0.833. The summed E-state index contributed by atoms with van der Waals surface area (Å²) in [6, 6.07) is 0.731. The van der Waals surface area contributed by atoms with Gasteiger partial charge in [-0.2, -0.15) is 0 Å². The molecule has 2 heterocycles. The first kappa shape index (κ1) is 11.4. The summed E-state index contributed by atoms with van der Waals surface area (Å²) in [6.07, 6.45) is 3.76. The Bertz CT molecular complexity index is 269. The number of hydrogen-bond donors (Lipinski definition) is 0. The van der Waals surface area contributed by atoms with E-state index in [1.807, 2.05) is 0 Å². The van der Waals surface area contributed by atoms with Gasteiger partial charge in [0.1, 0.15) is 13.2 Å². The molecule has 2 aliphatic rings. The second kappa shape index (κ2) is 5.32. The van der Waals surface area contributed by atoms with Crippen molar-refractivity contribution in [2.24, 2.45) is 9.98 Å². The zero-order chi connectivity index (χ0) is 11.4. The van der Waals surface area contributed by atoms with Crippen molar-refractivity contribution in [3.8, 4) is 0 Å². The summed E-state index contributed by atoms with van der Waals surface area (Å²) in [6.45, 7) is 5.76. The summed E-state index contributed by atoms with van der Waals surface area (Å²) >= 11 is 0. The fourth-order valence-corrected chi connectivity index (χ4v) is 1.85. The van der Waals surface area contributed by atoms with Crippen LogP contribution in [0.5, 0.6) is 0 Å². The normalized spacial score (nSPS) is 28.4. The minimum absolute atomic E-state index is 0.366. The molecule has 0 saturated heterocycles. The molecule has 2 rings (SSSR count). The molecule has 0 N–H and O–H groups in total. The van der Waals surface area contributed by atoms with Crippen LogP contribution in [-0.4, -0.2) is 37.1 Å². The topological polar surface area (TPSA) is 43.2 Å². The number of ether oxygens (including phenoxy) is 2. The molecule has 16 heavy (non-hydrogen) atoms. The van der Waals surface area contributed by atoms with Crippen LogP contribution in [0.1, 0.15) is 39.5 Å². The van der Waals surface area contributed by atoms with Gasteiger partial charge in [-0.05, 0) is 12.8 Å². The lowest BCUT2D eigenvalue weighted by molar-refractivity contribution is 0.299. The first-order valence-electron chi connectivity index (χ1n) is 6.20. The molecule has 0 aromatic rings. The lowest BCUT2D eigenvalue weighted by atomic mass is 10.2. The molecular formula is C12H20N2O2. The monoisotopic (exact) mass is 224 g/mol. The molecule has 2 atom stereocenters. The van der Waals surface area contributed by atoms with Gasteiger partial charge < -0.3 is 9.47 Å². The van der Waals surface area contributed by atoms with Crippen LogP contribution in [-0.2, 0) is 9.47 Å². The van der Waals surface area contributed by atoms with E-state index >= 15 is 0 Å². The Morgan fingerprint density at radius 2 is 1.38 bits per heavy atom. The molecule has 0 aliphatic carbocycles. The van der Waals surface area contributed by atoms with Crippen molar-refractivity contribution >= 4 is 11.8 Å². The molecule has 2 unspecified atom stereocenters. The first-order valence-corrected chi connectivity index (χ1v) is 6.20. The number of nitrogens with zero attached hydrogens (tertiary/aromatic N) is 2. The maximum absolute atomic E-state index is 5.51. The number of rotatable bonds is 5. The average molecular weight is 224 g/mol. The molecule has 0 aromatic carbocycles. The van der Waals surface area contributed by atoms with E-state index in [2.05, 4.69) is 23.8 Å². The standard InChI is InChI=1S/C12H20N2O2/c1-3-9-7-15-11(13-9)5-6-12-14-10(4-2)8-16-12/h9-10H,3-8H2,1-2H3. The molecular weight excluding hydrogens is 204 g/mol. The van der Waals surface area contributed by atoms with Gasteiger partial charge in [-0.25, -0.2) is 9.98 Å². The third-order valence-electron chi connectivity index (χ3n) is 3.03. The smallest absolute Gasteiger partial charge is 0.184 e. The summed E-state index contributed by atoms with van der Waals surface area (Å²) in [5.74, 6) is 1.75. The predicted molar refractivity (Wildman–Crippen MR) is 64.2 cm³/mol. The van der Waals surface area contributed by atoms with E-state index in [1.165, 1.54) is 0 Å². The highest BCUT2D eigenvalue weighted by Gasteiger charge is 2.20. The highest BCUT2D eigenvalue weighted by atomic mass is 16.5. The van der Waals surface area contributed by atoms with E-state index in [-0.39, 0.29) is 0 Å². The van der Waals surface area contributed by atoms with E-state index in [0.717, 1.165) is 50.7 Å². The quantitative estimate of drug-likeness (QED) is 0.718. The Morgan fingerprint density at radius 3 is 1.69 bits per heavy atom. The van der Waals surface area contributed by atoms with Gasteiger partial charge in [-0.3, -0.25) is 0 Å². The third kappa shape index (κ3) is 2.74. The van der Waals surface area contributed by atoms with Gasteiger partial charge in [0, 0.05) is 12.8 Å². The summed E-state index contributed by atoms with van der Waals surface area (Å²) in [7, 11) is 0. The van der Waals surface area contributed by atoms with Crippen LogP contribution < -0.4 is 0 Å². The second-order valence-corrected chi connectivity index (χ2v) is 4.29. The largest absolute Gasteiger partial charge is 0.479 e. The van der Waals surface area contributed by atoms with Crippen LogP contribution in [0.15, 0.2) is 9.98 Å². The third-order valence-corrected chi connectivity index (χ3v) is 3.03. The lowest BCUT2D eigenvalue weighted by Gasteiger charge is -2.01. The lowest BCUT2D eigenvalue weighted by Crippen LogP contribution is -2.06. The molecule has 0 aromatic heterocycles. The van der Waals surface area contributed by atoms with Gasteiger partial charge >= 0.3 is 0 Å². The van der Waals surface area contributed by atoms with Crippen LogP contribution in [0, 0.1) is 0 Å². The summed E-state index contributed by atoms with van der Waals surface area (Å²) in [5.41, 5.74) is 0. The van der Waals surface area contributed by atoms with Gasteiger partial charge in [0.25, 0.3) is 0 Å². The molecule has 0 amide bonds. The van der Waals surface area contributed by atoms with E-state index in [9.17, 15) is 0 Å². The highest BCUT2D eigenvalue weighted by Crippen LogP contribution is 2.15. The van der Waals surface area contributed by atoms with E-state index in [4.69, 9.17) is 9.47 Å². The first-order chi connectivity index (χ1) is 7.81. The Labute approximate surface area is 96.8 Å². The zero-order valence-electron chi connectivity index (χ0n) is 10.1. The van der Waals surface area contributed by atoms with Crippen LogP contribution in [0.3, 0.4) is 0 Å². The molecule has 0 bridgehead atoms. The van der Waals surface area contributed by atoms with Crippen molar-refractivity contribution in [2.45, 2.75) is 51.6 Å². The van der Waals surface area contributed by atoms with E-state index in [1.54, 1.807) is 0 Å². The van der Waals surface area contributed by atoms with E-state index < -0.39 is 0 Å². The van der Waals surface area contributed by atoms with Crippen LogP contribution in [0.25, 0.3) is 0 Å². The highest BCUT2D eigenvalue weighted by molar-refractivity contribution is 5.85. The molecule has 0 radical (unpaired) electrons. The fourth-order valence-electron chi connectivity index (χ4n) is 1.85. The van der Waals surface area contributed by atoms with Gasteiger partial charge in [0.15, 0.2) is 11.8 Å². The van der Waals surface area contributed by atoms with Gasteiger partial charge in [0.05, 0.1) is 12.1 Å².